The lowest BCUT2D eigenvalue weighted by Gasteiger charge is -2.12. The third kappa shape index (κ3) is 3.57. The van der Waals surface area contributed by atoms with Crippen LogP contribution in [0.4, 0.5) is 0 Å². The van der Waals surface area contributed by atoms with E-state index >= 15 is 0 Å². The highest BCUT2D eigenvalue weighted by atomic mass is 32.1. The quantitative estimate of drug-likeness (QED) is 0.821. The third-order valence-electron chi connectivity index (χ3n) is 2.23. The summed E-state index contributed by atoms with van der Waals surface area (Å²) in [4.78, 5) is 16.8. The standard InChI is InChI=1S/C11H19N3OS/c1-5-12-7(2)6-13-11(15)10-8(3)14-9(4)16-10/h7,12H,5-6H2,1-4H3,(H,13,15)/t7-/m1/s1. The van der Waals surface area contributed by atoms with Crippen molar-refractivity contribution >= 4 is 17.2 Å². The van der Waals surface area contributed by atoms with Gasteiger partial charge in [-0.1, -0.05) is 6.92 Å². The number of amides is 1. The largest absolute Gasteiger partial charge is 0.350 e. The fraction of sp³-hybridized carbons (Fsp3) is 0.636. The first-order chi connectivity index (χ1) is 7.54. The Kier molecular flexibility index (Phi) is 4.89. The lowest BCUT2D eigenvalue weighted by Crippen LogP contribution is -2.38. The van der Waals surface area contributed by atoms with E-state index in [2.05, 4.69) is 29.5 Å². The van der Waals surface area contributed by atoms with Crippen LogP contribution in [0.15, 0.2) is 0 Å². The van der Waals surface area contributed by atoms with Crippen molar-refractivity contribution in [1.29, 1.82) is 0 Å². The predicted octanol–water partition coefficient (Wildman–Crippen LogP) is 1.49. The maximum atomic E-state index is 11.8. The minimum absolute atomic E-state index is 0.0205. The fourth-order valence-electron chi connectivity index (χ4n) is 1.49. The molecule has 0 radical (unpaired) electrons. The van der Waals surface area contributed by atoms with Crippen LogP contribution in [-0.4, -0.2) is 30.0 Å². The molecule has 1 amide bonds. The summed E-state index contributed by atoms with van der Waals surface area (Å²) in [5.74, 6) is -0.0205. The molecule has 1 aromatic heterocycles. The van der Waals surface area contributed by atoms with Crippen molar-refractivity contribution in [2.45, 2.75) is 33.7 Å². The molecule has 2 N–H and O–H groups in total. The van der Waals surface area contributed by atoms with E-state index in [9.17, 15) is 4.79 Å². The molecule has 90 valence electrons. The van der Waals surface area contributed by atoms with Gasteiger partial charge in [-0.25, -0.2) is 4.98 Å². The van der Waals surface area contributed by atoms with Gasteiger partial charge in [0.1, 0.15) is 4.88 Å². The lowest BCUT2D eigenvalue weighted by atomic mass is 10.3. The number of likely N-dealkylation sites (N-methyl/N-ethyl adjacent to an activating group) is 1. The summed E-state index contributed by atoms with van der Waals surface area (Å²) in [5, 5.41) is 7.08. The Labute approximate surface area is 100 Å². The van der Waals surface area contributed by atoms with Crippen LogP contribution in [0.5, 0.6) is 0 Å². The van der Waals surface area contributed by atoms with Gasteiger partial charge in [0, 0.05) is 12.6 Å². The molecule has 0 aliphatic heterocycles. The molecule has 0 unspecified atom stereocenters. The highest BCUT2D eigenvalue weighted by Gasteiger charge is 2.13. The second kappa shape index (κ2) is 5.96. The molecule has 0 saturated heterocycles. The highest BCUT2D eigenvalue weighted by molar-refractivity contribution is 7.13. The Morgan fingerprint density at radius 3 is 2.69 bits per heavy atom. The monoisotopic (exact) mass is 241 g/mol. The molecule has 5 heteroatoms. The maximum Gasteiger partial charge on any atom is 0.263 e. The zero-order chi connectivity index (χ0) is 12.1. The van der Waals surface area contributed by atoms with Crippen LogP contribution in [0.2, 0.25) is 0 Å². The van der Waals surface area contributed by atoms with Crippen LogP contribution >= 0.6 is 11.3 Å². The van der Waals surface area contributed by atoms with E-state index in [1.807, 2.05) is 13.8 Å². The SMILES string of the molecule is CCN[C@H](C)CNC(=O)c1sc(C)nc1C. The van der Waals surface area contributed by atoms with Crippen molar-refractivity contribution in [3.63, 3.8) is 0 Å². The molecular formula is C11H19N3OS. The van der Waals surface area contributed by atoms with Crippen LogP contribution in [0.25, 0.3) is 0 Å². The number of nitrogens with zero attached hydrogens (tertiary/aromatic N) is 1. The Bertz CT molecular complexity index is 362. The molecule has 0 fully saturated rings. The zero-order valence-electron chi connectivity index (χ0n) is 10.3. The molecule has 0 aliphatic carbocycles. The summed E-state index contributed by atoms with van der Waals surface area (Å²) in [6.45, 7) is 9.43. The maximum absolute atomic E-state index is 11.8. The van der Waals surface area contributed by atoms with Gasteiger partial charge in [0.2, 0.25) is 0 Å². The number of rotatable bonds is 5. The van der Waals surface area contributed by atoms with Crippen LogP contribution in [0.1, 0.15) is 34.2 Å². The average Bonchev–Trinajstić information content (AvgIpc) is 2.55. The van der Waals surface area contributed by atoms with Crippen molar-refractivity contribution in [2.24, 2.45) is 0 Å². The first-order valence-electron chi connectivity index (χ1n) is 5.50. The summed E-state index contributed by atoms with van der Waals surface area (Å²) in [6, 6.07) is 0.295. The number of thiazole rings is 1. The van der Waals surface area contributed by atoms with Gasteiger partial charge < -0.3 is 10.6 Å². The minimum Gasteiger partial charge on any atom is -0.350 e. The second-order valence-corrected chi connectivity index (χ2v) is 5.02. The smallest absolute Gasteiger partial charge is 0.263 e. The van der Waals surface area contributed by atoms with Crippen LogP contribution in [-0.2, 0) is 0 Å². The van der Waals surface area contributed by atoms with E-state index in [0.717, 1.165) is 22.1 Å². The molecular weight excluding hydrogens is 222 g/mol. The van der Waals surface area contributed by atoms with E-state index in [-0.39, 0.29) is 5.91 Å². The van der Waals surface area contributed by atoms with E-state index in [1.54, 1.807) is 0 Å². The summed E-state index contributed by atoms with van der Waals surface area (Å²) in [6.07, 6.45) is 0. The summed E-state index contributed by atoms with van der Waals surface area (Å²) in [7, 11) is 0. The number of hydrogen-bond donors (Lipinski definition) is 2. The first kappa shape index (κ1) is 13.1. The van der Waals surface area contributed by atoms with Gasteiger partial charge in [-0.05, 0) is 27.3 Å². The van der Waals surface area contributed by atoms with Gasteiger partial charge in [-0.15, -0.1) is 11.3 Å². The normalized spacial score (nSPS) is 12.5. The van der Waals surface area contributed by atoms with Gasteiger partial charge in [0.25, 0.3) is 5.91 Å². The minimum atomic E-state index is -0.0205. The number of nitrogens with one attached hydrogen (secondary N) is 2. The molecule has 0 aliphatic rings. The summed E-state index contributed by atoms with van der Waals surface area (Å²) < 4.78 is 0. The van der Waals surface area contributed by atoms with Crippen molar-refractivity contribution in [1.82, 2.24) is 15.6 Å². The summed E-state index contributed by atoms with van der Waals surface area (Å²) >= 11 is 1.44. The van der Waals surface area contributed by atoms with Crippen LogP contribution in [0.3, 0.4) is 0 Å². The zero-order valence-corrected chi connectivity index (χ0v) is 11.1. The van der Waals surface area contributed by atoms with E-state index < -0.39 is 0 Å². The number of aromatic nitrogens is 1. The molecule has 1 heterocycles. The molecule has 0 bridgehead atoms. The Morgan fingerprint density at radius 1 is 1.50 bits per heavy atom. The third-order valence-corrected chi connectivity index (χ3v) is 3.30. The molecule has 4 nitrogen and oxygen atoms in total. The van der Waals surface area contributed by atoms with Crippen LogP contribution < -0.4 is 10.6 Å². The number of carbonyl (C=O) groups is 1. The van der Waals surface area contributed by atoms with E-state index in [1.165, 1.54) is 11.3 Å². The van der Waals surface area contributed by atoms with Crippen molar-refractivity contribution in [2.75, 3.05) is 13.1 Å². The van der Waals surface area contributed by atoms with Gasteiger partial charge >= 0.3 is 0 Å². The molecule has 16 heavy (non-hydrogen) atoms. The number of aryl methyl sites for hydroxylation is 2. The molecule has 1 aromatic rings. The van der Waals surface area contributed by atoms with Crippen molar-refractivity contribution in [3.8, 4) is 0 Å². The van der Waals surface area contributed by atoms with E-state index in [0.29, 0.717) is 12.6 Å². The number of carbonyl (C=O) groups excluding carboxylic acids is 1. The number of hydrogen-bond acceptors (Lipinski definition) is 4. The first-order valence-corrected chi connectivity index (χ1v) is 6.31. The van der Waals surface area contributed by atoms with Gasteiger partial charge in [0.15, 0.2) is 0 Å². The molecule has 1 rings (SSSR count). The highest BCUT2D eigenvalue weighted by Crippen LogP contribution is 2.16. The predicted molar refractivity (Wildman–Crippen MR) is 67.1 cm³/mol. The molecule has 0 spiro atoms. The summed E-state index contributed by atoms with van der Waals surface area (Å²) in [5.41, 5.74) is 0.816. The Balaban J connectivity index is 2.50. The molecule has 1 atom stereocenters. The molecule has 0 aromatic carbocycles. The van der Waals surface area contributed by atoms with Gasteiger partial charge in [-0.3, -0.25) is 4.79 Å². The Hall–Kier alpha value is -0.940. The van der Waals surface area contributed by atoms with Gasteiger partial charge in [0.05, 0.1) is 10.7 Å². The topological polar surface area (TPSA) is 54.0 Å². The second-order valence-electron chi connectivity index (χ2n) is 3.82. The van der Waals surface area contributed by atoms with Crippen molar-refractivity contribution in [3.05, 3.63) is 15.6 Å². The lowest BCUT2D eigenvalue weighted by molar-refractivity contribution is 0.0953. The van der Waals surface area contributed by atoms with Gasteiger partial charge in [-0.2, -0.15) is 0 Å². The van der Waals surface area contributed by atoms with Crippen LogP contribution in [0, 0.1) is 13.8 Å². The fourth-order valence-corrected chi connectivity index (χ4v) is 2.32. The average molecular weight is 241 g/mol. The Morgan fingerprint density at radius 2 is 2.19 bits per heavy atom. The van der Waals surface area contributed by atoms with E-state index in [4.69, 9.17) is 0 Å². The van der Waals surface area contributed by atoms with Crippen molar-refractivity contribution < 1.29 is 4.79 Å². The molecule has 0 saturated carbocycles.